The van der Waals surface area contributed by atoms with Gasteiger partial charge < -0.3 is 14.6 Å². The molecule has 2 bridgehead atoms. The predicted molar refractivity (Wildman–Crippen MR) is 141 cm³/mol. The maximum Gasteiger partial charge on any atom is 0.311 e. The fraction of sp³-hybridized carbons (Fsp3) is 0.323. The van der Waals surface area contributed by atoms with E-state index in [0.29, 0.717) is 12.1 Å². The maximum atomic E-state index is 13.7. The predicted octanol–water partition coefficient (Wildman–Crippen LogP) is 5.36. The molecule has 4 aliphatic carbocycles. The number of fused-ring (bicyclic) bond motifs is 1. The highest BCUT2D eigenvalue weighted by atomic mass is 16.5. The van der Waals surface area contributed by atoms with Crippen LogP contribution in [0.25, 0.3) is 22.0 Å². The zero-order valence-corrected chi connectivity index (χ0v) is 20.9. The normalized spacial score (nSPS) is 24.6. The molecule has 0 aliphatic heterocycles. The number of esters is 1. The maximum absolute atomic E-state index is 13.7. The number of hydrogen-bond acceptors (Lipinski definition) is 4. The van der Waals surface area contributed by atoms with Gasteiger partial charge in [-0.15, -0.1) is 0 Å². The molecule has 1 amide bonds. The van der Waals surface area contributed by atoms with Gasteiger partial charge in [-0.3, -0.25) is 14.6 Å². The molecule has 8 rings (SSSR count). The van der Waals surface area contributed by atoms with Crippen LogP contribution in [0.5, 0.6) is 0 Å². The Kier molecular flexibility index (Phi) is 4.69. The molecule has 186 valence electrons. The summed E-state index contributed by atoms with van der Waals surface area (Å²) in [6.45, 7) is 0.583. The Labute approximate surface area is 215 Å². The summed E-state index contributed by atoms with van der Waals surface area (Å²) in [4.78, 5) is 30.5. The smallest absolute Gasteiger partial charge is 0.311 e. The summed E-state index contributed by atoms with van der Waals surface area (Å²) in [5.41, 5.74) is 4.34. The van der Waals surface area contributed by atoms with Crippen LogP contribution in [0.3, 0.4) is 0 Å². The highest BCUT2D eigenvalue weighted by Gasteiger charge is 2.81. The average molecular weight is 492 g/mol. The fourth-order valence-corrected chi connectivity index (χ4v) is 7.00. The van der Waals surface area contributed by atoms with Crippen molar-refractivity contribution < 1.29 is 14.3 Å². The van der Waals surface area contributed by atoms with E-state index in [1.54, 1.807) is 0 Å². The first-order chi connectivity index (χ1) is 18.0. The Bertz CT molecular complexity index is 1510. The van der Waals surface area contributed by atoms with Gasteiger partial charge >= 0.3 is 5.97 Å². The van der Waals surface area contributed by atoms with Gasteiger partial charge in [0.1, 0.15) is 0 Å². The van der Waals surface area contributed by atoms with Gasteiger partial charge in [0.2, 0.25) is 0 Å². The lowest BCUT2D eigenvalue weighted by Crippen LogP contribution is -2.73. The van der Waals surface area contributed by atoms with E-state index in [-0.39, 0.29) is 28.2 Å². The molecule has 0 saturated heterocycles. The zero-order valence-electron chi connectivity index (χ0n) is 20.9. The number of nitrogens with zero attached hydrogens (tertiary/aromatic N) is 2. The number of carbonyl (C=O) groups excluding carboxylic acids is 2. The Morgan fingerprint density at radius 1 is 0.946 bits per heavy atom. The van der Waals surface area contributed by atoms with Crippen molar-refractivity contribution in [1.82, 2.24) is 14.9 Å². The van der Waals surface area contributed by atoms with Crippen LogP contribution in [-0.4, -0.2) is 34.1 Å². The summed E-state index contributed by atoms with van der Waals surface area (Å²) >= 11 is 0. The molecule has 2 aromatic heterocycles. The van der Waals surface area contributed by atoms with Crippen molar-refractivity contribution in [1.29, 1.82) is 0 Å². The molecule has 0 atom stereocenters. The quantitative estimate of drug-likeness (QED) is 0.354. The second-order valence-corrected chi connectivity index (χ2v) is 11.2. The lowest BCUT2D eigenvalue weighted by molar-refractivity contribution is -0.239. The lowest BCUT2D eigenvalue weighted by Gasteiger charge is -2.71. The molecule has 2 heterocycles. The van der Waals surface area contributed by atoms with Crippen LogP contribution >= 0.6 is 0 Å². The molecule has 2 aromatic carbocycles. The number of amides is 1. The first-order valence-electron chi connectivity index (χ1n) is 13.0. The minimum Gasteiger partial charge on any atom is -0.469 e. The first kappa shape index (κ1) is 22.3. The molecule has 6 nitrogen and oxygen atoms in total. The summed E-state index contributed by atoms with van der Waals surface area (Å²) in [5.74, 6) is -0.128. The molecule has 1 N–H and O–H groups in total. The summed E-state index contributed by atoms with van der Waals surface area (Å²) in [5, 5.41) is 4.45. The van der Waals surface area contributed by atoms with Crippen molar-refractivity contribution in [2.75, 3.05) is 7.11 Å². The summed E-state index contributed by atoms with van der Waals surface area (Å²) in [7, 11) is 1.47. The zero-order chi connectivity index (χ0) is 25.3. The standard InChI is InChI=1S/C31H29N3O3/c1-37-28(36)29-18-30(19-29,20-29)31(13-14-31)33-27(35)25-9-5-8-22-12-15-34(26(22)25)17-24-11-10-23(16-32-24)21-6-3-2-4-7-21/h2-12,15-16H,13-14,17-20H2,1H3,(H,33,35). The Morgan fingerprint density at radius 3 is 2.41 bits per heavy atom. The second-order valence-electron chi connectivity index (χ2n) is 11.2. The Morgan fingerprint density at radius 2 is 1.73 bits per heavy atom. The fourth-order valence-electron chi connectivity index (χ4n) is 7.00. The molecule has 4 fully saturated rings. The molecule has 4 aliphatic rings. The van der Waals surface area contributed by atoms with E-state index in [1.807, 2.05) is 48.8 Å². The number of aromatic nitrogens is 2. The first-order valence-corrected chi connectivity index (χ1v) is 13.0. The van der Waals surface area contributed by atoms with E-state index >= 15 is 0 Å². The molecule has 0 radical (unpaired) electrons. The molecule has 4 saturated carbocycles. The number of para-hydroxylation sites is 1. The molecular weight excluding hydrogens is 462 g/mol. The largest absolute Gasteiger partial charge is 0.469 e. The number of methoxy groups -OCH3 is 1. The summed E-state index contributed by atoms with van der Waals surface area (Å²) < 4.78 is 7.13. The van der Waals surface area contributed by atoms with Gasteiger partial charge in [0.25, 0.3) is 5.91 Å². The topological polar surface area (TPSA) is 73.2 Å². The average Bonchev–Trinajstić information content (AvgIpc) is 3.53. The molecule has 0 unspecified atom stereocenters. The summed E-state index contributed by atoms with van der Waals surface area (Å²) in [6.07, 6.45) is 8.39. The number of nitrogens with one attached hydrogen (secondary N) is 1. The van der Waals surface area contributed by atoms with Gasteiger partial charge in [0.05, 0.1) is 35.8 Å². The number of ether oxygens (including phenoxy) is 1. The van der Waals surface area contributed by atoms with E-state index in [1.165, 1.54) is 7.11 Å². The second kappa shape index (κ2) is 7.78. The van der Waals surface area contributed by atoms with Crippen LogP contribution in [0.1, 0.15) is 48.2 Å². The summed E-state index contributed by atoms with van der Waals surface area (Å²) in [6, 6.07) is 22.3. The number of carbonyl (C=O) groups is 2. The third kappa shape index (κ3) is 3.28. The van der Waals surface area contributed by atoms with Gasteiger partial charge in [-0.25, -0.2) is 0 Å². The molecule has 0 spiro atoms. The van der Waals surface area contributed by atoms with Crippen LogP contribution in [0.15, 0.2) is 79.1 Å². The van der Waals surface area contributed by atoms with Gasteiger partial charge in [0, 0.05) is 28.9 Å². The SMILES string of the molecule is COC(=O)C12CC(C3(NC(=O)c4cccc5ccn(Cc6ccc(-c7ccccc7)cn6)c45)CC3)(C1)C2. The van der Waals surface area contributed by atoms with Crippen molar-refractivity contribution in [2.45, 2.75) is 44.2 Å². The van der Waals surface area contributed by atoms with Crippen molar-refractivity contribution in [3.8, 4) is 11.1 Å². The highest BCUT2D eigenvalue weighted by Crippen LogP contribution is 2.81. The van der Waals surface area contributed by atoms with Gasteiger partial charge in [-0.1, -0.05) is 48.5 Å². The minimum atomic E-state index is -0.299. The van der Waals surface area contributed by atoms with Gasteiger partial charge in [-0.05, 0) is 61.3 Å². The van der Waals surface area contributed by atoms with Gasteiger partial charge in [-0.2, -0.15) is 0 Å². The van der Waals surface area contributed by atoms with E-state index in [4.69, 9.17) is 9.72 Å². The van der Waals surface area contributed by atoms with E-state index in [0.717, 1.165) is 59.8 Å². The number of hydrogen-bond donors (Lipinski definition) is 1. The van der Waals surface area contributed by atoms with E-state index in [2.05, 4.69) is 40.2 Å². The van der Waals surface area contributed by atoms with E-state index < -0.39 is 0 Å². The van der Waals surface area contributed by atoms with Crippen LogP contribution in [0, 0.1) is 10.8 Å². The molecular formula is C31H29N3O3. The van der Waals surface area contributed by atoms with Crippen molar-refractivity contribution in [3.63, 3.8) is 0 Å². The third-order valence-corrected chi connectivity index (χ3v) is 9.06. The lowest BCUT2D eigenvalue weighted by atomic mass is 9.32. The van der Waals surface area contributed by atoms with Crippen LogP contribution in [0.4, 0.5) is 0 Å². The number of pyridine rings is 1. The Hall–Kier alpha value is -3.93. The molecule has 37 heavy (non-hydrogen) atoms. The highest BCUT2D eigenvalue weighted by molar-refractivity contribution is 6.06. The van der Waals surface area contributed by atoms with Crippen LogP contribution < -0.4 is 5.32 Å². The molecule has 4 aromatic rings. The van der Waals surface area contributed by atoms with Crippen LogP contribution in [0.2, 0.25) is 0 Å². The molecule has 6 heteroatoms. The van der Waals surface area contributed by atoms with Crippen molar-refractivity contribution in [2.24, 2.45) is 10.8 Å². The third-order valence-electron chi connectivity index (χ3n) is 9.06. The minimum absolute atomic E-state index is 0.0349. The number of benzene rings is 2. The van der Waals surface area contributed by atoms with Gasteiger partial charge in [0.15, 0.2) is 0 Å². The monoisotopic (exact) mass is 491 g/mol. The van der Waals surface area contributed by atoms with Crippen LogP contribution in [-0.2, 0) is 16.1 Å². The van der Waals surface area contributed by atoms with Crippen molar-refractivity contribution in [3.05, 3.63) is 90.4 Å². The number of rotatable bonds is 7. The van der Waals surface area contributed by atoms with E-state index in [9.17, 15) is 9.59 Å². The Balaban J connectivity index is 1.12. The van der Waals surface area contributed by atoms with Crippen molar-refractivity contribution >= 4 is 22.8 Å².